The minimum Gasteiger partial charge on any atom is -0.318 e. The van der Waals surface area contributed by atoms with E-state index in [1.807, 2.05) is 12.1 Å². The third kappa shape index (κ3) is 3.38. The third-order valence-corrected chi connectivity index (χ3v) is 2.56. The molecule has 0 amide bonds. The van der Waals surface area contributed by atoms with Crippen LogP contribution in [-0.4, -0.2) is 17.5 Å². The second kappa shape index (κ2) is 6.43. The van der Waals surface area contributed by atoms with Crippen molar-refractivity contribution in [3.05, 3.63) is 71.8 Å². The van der Waals surface area contributed by atoms with E-state index in [9.17, 15) is 9.59 Å². The zero-order chi connectivity index (χ0) is 14.4. The second-order valence-electron chi connectivity index (χ2n) is 4.08. The first-order valence-electron chi connectivity index (χ1n) is 6.09. The Balaban J connectivity index is 2.40. The van der Waals surface area contributed by atoms with Gasteiger partial charge >= 0.3 is 5.97 Å². The highest BCUT2D eigenvalue weighted by molar-refractivity contribution is 6.51. The summed E-state index contributed by atoms with van der Waals surface area (Å²) in [7, 11) is 0. The minimum absolute atomic E-state index is 0.104. The summed E-state index contributed by atoms with van der Waals surface area (Å²) < 4.78 is 0. The monoisotopic (exact) mass is 267 g/mol. The Kier molecular flexibility index (Phi) is 4.39. The van der Waals surface area contributed by atoms with Crippen molar-refractivity contribution in [2.45, 2.75) is 6.92 Å². The molecular weight excluding hydrogens is 254 g/mol. The number of nitrogens with zero attached hydrogens (tertiary/aromatic N) is 1. The van der Waals surface area contributed by atoms with Gasteiger partial charge in [0, 0.05) is 18.1 Å². The van der Waals surface area contributed by atoms with E-state index in [2.05, 4.69) is 9.99 Å². The number of benzene rings is 2. The van der Waals surface area contributed by atoms with Crippen molar-refractivity contribution in [3.8, 4) is 0 Å². The fraction of sp³-hybridized carbons (Fsp3) is 0.0625. The highest BCUT2D eigenvalue weighted by Crippen LogP contribution is 2.09. The van der Waals surface area contributed by atoms with Crippen LogP contribution in [0.5, 0.6) is 0 Å². The first-order chi connectivity index (χ1) is 9.68. The van der Waals surface area contributed by atoms with E-state index in [0.29, 0.717) is 11.1 Å². The maximum atomic E-state index is 12.4. The lowest BCUT2D eigenvalue weighted by Gasteiger charge is -2.05. The molecule has 0 unspecified atom stereocenters. The van der Waals surface area contributed by atoms with Crippen LogP contribution in [0.4, 0.5) is 0 Å². The van der Waals surface area contributed by atoms with E-state index >= 15 is 0 Å². The first-order valence-corrected chi connectivity index (χ1v) is 6.09. The molecule has 100 valence electrons. The van der Waals surface area contributed by atoms with Gasteiger partial charge in [0.05, 0.1) is 0 Å². The van der Waals surface area contributed by atoms with E-state index in [0.717, 1.165) is 0 Å². The molecule has 0 saturated carbocycles. The Labute approximate surface area is 116 Å². The summed E-state index contributed by atoms with van der Waals surface area (Å²) in [6, 6.07) is 17.6. The van der Waals surface area contributed by atoms with Gasteiger partial charge in [-0.25, -0.2) is 4.79 Å². The standard InChI is InChI=1S/C16H13NO3/c1-12(18)20-17-15(13-8-4-2-5-9-13)16(19)14-10-6-3-7-11-14/h2-11H,1H3. The maximum absolute atomic E-state index is 12.4. The van der Waals surface area contributed by atoms with Gasteiger partial charge in [-0.3, -0.25) is 4.79 Å². The SMILES string of the molecule is CC(=O)ON=C(C(=O)c1ccccc1)c1ccccc1. The summed E-state index contributed by atoms with van der Waals surface area (Å²) in [4.78, 5) is 28.0. The zero-order valence-corrected chi connectivity index (χ0v) is 10.9. The molecule has 0 aromatic heterocycles. The van der Waals surface area contributed by atoms with Crippen molar-refractivity contribution in [1.82, 2.24) is 0 Å². The fourth-order valence-electron chi connectivity index (χ4n) is 1.66. The number of Topliss-reactive ketones (excluding diaryl/α,β-unsaturated/α-hetero) is 1. The van der Waals surface area contributed by atoms with Crippen molar-refractivity contribution in [1.29, 1.82) is 0 Å². The van der Waals surface area contributed by atoms with Crippen LogP contribution in [0.25, 0.3) is 0 Å². The molecule has 0 aliphatic rings. The van der Waals surface area contributed by atoms with Crippen LogP contribution in [0.2, 0.25) is 0 Å². The summed E-state index contributed by atoms with van der Waals surface area (Å²) >= 11 is 0. The molecule has 20 heavy (non-hydrogen) atoms. The van der Waals surface area contributed by atoms with Gasteiger partial charge in [0.25, 0.3) is 0 Å². The zero-order valence-electron chi connectivity index (χ0n) is 10.9. The van der Waals surface area contributed by atoms with E-state index in [1.54, 1.807) is 48.5 Å². The molecule has 0 atom stereocenters. The predicted octanol–water partition coefficient (Wildman–Crippen LogP) is 2.84. The molecule has 0 fully saturated rings. The Hall–Kier alpha value is -2.75. The Bertz CT molecular complexity index is 633. The van der Waals surface area contributed by atoms with Gasteiger partial charge in [0.15, 0.2) is 5.71 Å². The van der Waals surface area contributed by atoms with E-state index in [4.69, 9.17) is 0 Å². The number of hydrogen-bond acceptors (Lipinski definition) is 4. The highest BCUT2D eigenvalue weighted by atomic mass is 16.7. The number of rotatable bonds is 4. The summed E-state index contributed by atoms with van der Waals surface area (Å²) in [5.41, 5.74) is 1.19. The quantitative estimate of drug-likeness (QED) is 0.370. The summed E-state index contributed by atoms with van der Waals surface area (Å²) in [6.07, 6.45) is 0. The third-order valence-electron chi connectivity index (χ3n) is 2.56. The van der Waals surface area contributed by atoms with Crippen LogP contribution in [0, 0.1) is 0 Å². The van der Waals surface area contributed by atoms with Crippen LogP contribution < -0.4 is 0 Å². The average Bonchev–Trinajstić information content (AvgIpc) is 2.49. The summed E-state index contributed by atoms with van der Waals surface area (Å²) in [5, 5.41) is 3.69. The molecule has 4 nitrogen and oxygen atoms in total. The number of ketones is 1. The minimum atomic E-state index is -0.570. The van der Waals surface area contributed by atoms with Gasteiger partial charge in [-0.1, -0.05) is 65.8 Å². The fourth-order valence-corrected chi connectivity index (χ4v) is 1.66. The lowest BCUT2D eigenvalue weighted by Crippen LogP contribution is -2.17. The molecule has 2 aromatic rings. The van der Waals surface area contributed by atoms with E-state index in [1.165, 1.54) is 6.92 Å². The van der Waals surface area contributed by atoms with Crippen LogP contribution in [0.15, 0.2) is 65.8 Å². The van der Waals surface area contributed by atoms with Crippen LogP contribution in [-0.2, 0) is 9.63 Å². The molecule has 0 N–H and O–H groups in total. The molecule has 0 spiro atoms. The molecule has 2 aromatic carbocycles. The van der Waals surface area contributed by atoms with Gasteiger partial charge in [0.2, 0.25) is 5.78 Å². The van der Waals surface area contributed by atoms with Crippen LogP contribution in [0.1, 0.15) is 22.8 Å². The maximum Gasteiger partial charge on any atom is 0.332 e. The molecule has 0 radical (unpaired) electrons. The van der Waals surface area contributed by atoms with Crippen LogP contribution >= 0.6 is 0 Å². The van der Waals surface area contributed by atoms with Gasteiger partial charge in [-0.15, -0.1) is 0 Å². The number of carbonyl (C=O) groups excluding carboxylic acids is 2. The predicted molar refractivity (Wildman–Crippen MR) is 75.5 cm³/mol. The molecule has 0 bridgehead atoms. The Morgan fingerprint density at radius 2 is 1.35 bits per heavy atom. The molecule has 0 aliphatic heterocycles. The van der Waals surface area contributed by atoms with Gasteiger partial charge in [0.1, 0.15) is 0 Å². The average molecular weight is 267 g/mol. The number of hydrogen-bond donors (Lipinski definition) is 0. The number of oxime groups is 1. The summed E-state index contributed by atoms with van der Waals surface area (Å²) in [6.45, 7) is 1.24. The lowest BCUT2D eigenvalue weighted by atomic mass is 10.0. The lowest BCUT2D eigenvalue weighted by molar-refractivity contribution is -0.140. The van der Waals surface area contributed by atoms with Crippen molar-refractivity contribution in [3.63, 3.8) is 0 Å². The first kappa shape index (κ1) is 13.7. The normalized spacial score (nSPS) is 10.9. The molecule has 0 saturated heterocycles. The molecule has 0 aliphatic carbocycles. The highest BCUT2D eigenvalue weighted by Gasteiger charge is 2.17. The second-order valence-corrected chi connectivity index (χ2v) is 4.08. The van der Waals surface area contributed by atoms with Crippen LogP contribution in [0.3, 0.4) is 0 Å². The largest absolute Gasteiger partial charge is 0.332 e. The van der Waals surface area contributed by atoms with Crippen molar-refractivity contribution >= 4 is 17.5 Å². The smallest absolute Gasteiger partial charge is 0.318 e. The van der Waals surface area contributed by atoms with Gasteiger partial charge in [-0.05, 0) is 0 Å². The molecule has 4 heteroatoms. The van der Waals surface area contributed by atoms with Crippen molar-refractivity contribution in [2.75, 3.05) is 0 Å². The topological polar surface area (TPSA) is 55.7 Å². The molecule has 0 heterocycles. The summed E-state index contributed by atoms with van der Waals surface area (Å²) in [5.74, 6) is -0.864. The van der Waals surface area contributed by atoms with E-state index in [-0.39, 0.29) is 11.5 Å². The molecule has 2 rings (SSSR count). The van der Waals surface area contributed by atoms with Crippen molar-refractivity contribution in [2.24, 2.45) is 5.16 Å². The number of carbonyl (C=O) groups is 2. The molecular formula is C16H13NO3. The Morgan fingerprint density at radius 3 is 1.85 bits per heavy atom. The van der Waals surface area contributed by atoms with Gasteiger partial charge in [-0.2, -0.15) is 0 Å². The van der Waals surface area contributed by atoms with Crippen molar-refractivity contribution < 1.29 is 14.4 Å². The van der Waals surface area contributed by atoms with Gasteiger partial charge < -0.3 is 4.84 Å². The van der Waals surface area contributed by atoms with E-state index < -0.39 is 5.97 Å². The Morgan fingerprint density at radius 1 is 0.850 bits per heavy atom.